The first-order valence-corrected chi connectivity index (χ1v) is 4.75. The maximum Gasteiger partial charge on any atom is 0.124 e. The lowest BCUT2D eigenvalue weighted by Crippen LogP contribution is -1.91. The lowest BCUT2D eigenvalue weighted by atomic mass is 10.2. The molecule has 0 aliphatic heterocycles. The summed E-state index contributed by atoms with van der Waals surface area (Å²) in [5, 5.41) is 1.09. The summed E-state index contributed by atoms with van der Waals surface area (Å²) in [5.74, 6) is 0.527. The molecule has 3 nitrogen and oxygen atoms in total. The van der Waals surface area contributed by atoms with E-state index >= 15 is 0 Å². The van der Waals surface area contributed by atoms with Crippen molar-refractivity contribution >= 4 is 27.8 Å². The van der Waals surface area contributed by atoms with Gasteiger partial charge in [0.2, 0.25) is 0 Å². The van der Waals surface area contributed by atoms with Gasteiger partial charge in [-0.05, 0) is 24.3 Å². The predicted octanol–water partition coefficient (Wildman–Crippen LogP) is 2.37. The second-order valence-electron chi connectivity index (χ2n) is 3.46. The van der Waals surface area contributed by atoms with Crippen molar-refractivity contribution in [3.63, 3.8) is 0 Å². The number of pyridine rings is 2. The summed E-state index contributed by atoms with van der Waals surface area (Å²) in [4.78, 5) is 8.74. The van der Waals surface area contributed by atoms with E-state index in [1.807, 2.05) is 36.4 Å². The quantitative estimate of drug-likeness (QED) is 0.560. The molecule has 0 fully saturated rings. The van der Waals surface area contributed by atoms with Crippen molar-refractivity contribution < 1.29 is 0 Å². The maximum absolute atomic E-state index is 5.63. The van der Waals surface area contributed by atoms with E-state index in [1.54, 1.807) is 6.07 Å². The van der Waals surface area contributed by atoms with Gasteiger partial charge >= 0.3 is 0 Å². The minimum Gasteiger partial charge on any atom is -0.384 e. The molecular weight excluding hydrogens is 186 g/mol. The van der Waals surface area contributed by atoms with Gasteiger partial charge in [0.05, 0.1) is 16.6 Å². The van der Waals surface area contributed by atoms with Crippen LogP contribution in [0, 0.1) is 0 Å². The third kappa shape index (κ3) is 1.29. The Morgan fingerprint density at radius 3 is 2.60 bits per heavy atom. The van der Waals surface area contributed by atoms with E-state index in [0.29, 0.717) is 5.82 Å². The van der Waals surface area contributed by atoms with Crippen molar-refractivity contribution in [3.8, 4) is 0 Å². The number of nitrogens with two attached hydrogens (primary N) is 1. The number of hydrogen-bond donors (Lipinski definition) is 1. The second-order valence-corrected chi connectivity index (χ2v) is 3.46. The Kier molecular flexibility index (Phi) is 1.59. The molecule has 0 amide bonds. The Morgan fingerprint density at radius 1 is 0.800 bits per heavy atom. The Hall–Kier alpha value is -2.16. The van der Waals surface area contributed by atoms with E-state index in [2.05, 4.69) is 9.97 Å². The fraction of sp³-hybridized carbons (Fsp3) is 0. The summed E-state index contributed by atoms with van der Waals surface area (Å²) in [6.07, 6.45) is 0. The number of benzene rings is 1. The predicted molar refractivity (Wildman–Crippen MR) is 61.5 cm³/mol. The van der Waals surface area contributed by atoms with E-state index < -0.39 is 0 Å². The highest BCUT2D eigenvalue weighted by Gasteiger charge is 2.00. The highest BCUT2D eigenvalue weighted by molar-refractivity contribution is 5.91. The van der Waals surface area contributed by atoms with Gasteiger partial charge in [0.15, 0.2) is 0 Å². The lowest BCUT2D eigenvalue weighted by molar-refractivity contribution is 1.38. The maximum atomic E-state index is 5.63. The minimum absolute atomic E-state index is 0.527. The van der Waals surface area contributed by atoms with Gasteiger partial charge in [0.1, 0.15) is 5.82 Å². The molecule has 0 aliphatic rings. The first kappa shape index (κ1) is 8.17. The second kappa shape index (κ2) is 2.92. The Bertz CT molecular complexity index is 646. The third-order valence-electron chi connectivity index (χ3n) is 2.39. The molecule has 0 saturated heterocycles. The molecule has 2 aromatic heterocycles. The van der Waals surface area contributed by atoms with Gasteiger partial charge in [-0.25, -0.2) is 9.97 Å². The molecule has 1 aromatic carbocycles. The number of nitrogens with zero attached hydrogens (tertiary/aromatic N) is 2. The number of aromatic nitrogens is 2. The van der Waals surface area contributed by atoms with Crippen LogP contribution in [-0.2, 0) is 0 Å². The summed E-state index contributed by atoms with van der Waals surface area (Å²) in [7, 11) is 0. The molecular formula is C12H9N3. The van der Waals surface area contributed by atoms with Gasteiger partial charge in [-0.15, -0.1) is 0 Å². The highest BCUT2D eigenvalue weighted by atomic mass is 14.8. The van der Waals surface area contributed by atoms with Crippen LogP contribution in [0.25, 0.3) is 21.9 Å². The van der Waals surface area contributed by atoms with Crippen LogP contribution in [0.5, 0.6) is 0 Å². The molecule has 2 heterocycles. The Labute approximate surface area is 86.6 Å². The zero-order valence-corrected chi connectivity index (χ0v) is 8.01. The van der Waals surface area contributed by atoms with Crippen molar-refractivity contribution in [1.29, 1.82) is 0 Å². The largest absolute Gasteiger partial charge is 0.384 e. The molecule has 0 unspecified atom stereocenters. The first-order valence-electron chi connectivity index (χ1n) is 4.75. The van der Waals surface area contributed by atoms with Crippen LogP contribution >= 0.6 is 0 Å². The van der Waals surface area contributed by atoms with Crippen molar-refractivity contribution in [2.24, 2.45) is 0 Å². The van der Waals surface area contributed by atoms with Crippen molar-refractivity contribution in [1.82, 2.24) is 9.97 Å². The van der Waals surface area contributed by atoms with E-state index in [9.17, 15) is 0 Å². The van der Waals surface area contributed by atoms with Gasteiger partial charge in [-0.1, -0.05) is 18.2 Å². The van der Waals surface area contributed by atoms with Gasteiger partial charge in [0, 0.05) is 5.39 Å². The van der Waals surface area contributed by atoms with Crippen molar-refractivity contribution in [2.75, 3.05) is 5.73 Å². The van der Waals surface area contributed by atoms with Gasteiger partial charge in [-0.3, -0.25) is 0 Å². The van der Waals surface area contributed by atoms with Crippen LogP contribution in [0.4, 0.5) is 5.82 Å². The number of anilines is 1. The van der Waals surface area contributed by atoms with E-state index in [0.717, 1.165) is 21.9 Å². The first-order chi connectivity index (χ1) is 7.33. The summed E-state index contributed by atoms with van der Waals surface area (Å²) in [6, 6.07) is 13.6. The Balaban J connectivity index is 2.47. The molecule has 0 spiro atoms. The zero-order valence-electron chi connectivity index (χ0n) is 8.01. The molecule has 3 heteroatoms. The van der Waals surface area contributed by atoms with E-state index in [1.165, 1.54) is 0 Å². The summed E-state index contributed by atoms with van der Waals surface area (Å²) >= 11 is 0. The summed E-state index contributed by atoms with van der Waals surface area (Å²) < 4.78 is 0. The standard InChI is InChI=1S/C12H9N3/c13-12-6-5-10-11(15-12)7-8-3-1-2-4-9(8)14-10/h1-7H,(H2,13,15). The monoisotopic (exact) mass is 195 g/mol. The molecule has 2 N–H and O–H groups in total. The normalized spacial score (nSPS) is 10.9. The SMILES string of the molecule is Nc1ccc2nc3ccccc3cc2n1. The van der Waals surface area contributed by atoms with Gasteiger partial charge < -0.3 is 5.73 Å². The molecule has 72 valence electrons. The average molecular weight is 195 g/mol. The van der Waals surface area contributed by atoms with Crippen LogP contribution in [0.3, 0.4) is 0 Å². The zero-order chi connectivity index (χ0) is 10.3. The molecule has 3 rings (SSSR count). The van der Waals surface area contributed by atoms with Crippen LogP contribution in [0.1, 0.15) is 0 Å². The summed E-state index contributed by atoms with van der Waals surface area (Å²) in [5.41, 5.74) is 8.33. The number of para-hydroxylation sites is 1. The molecule has 15 heavy (non-hydrogen) atoms. The van der Waals surface area contributed by atoms with Crippen molar-refractivity contribution in [2.45, 2.75) is 0 Å². The summed E-state index contributed by atoms with van der Waals surface area (Å²) in [6.45, 7) is 0. The van der Waals surface area contributed by atoms with Crippen LogP contribution in [-0.4, -0.2) is 9.97 Å². The topological polar surface area (TPSA) is 51.8 Å². The van der Waals surface area contributed by atoms with Crippen LogP contribution < -0.4 is 5.73 Å². The minimum atomic E-state index is 0.527. The fourth-order valence-corrected chi connectivity index (χ4v) is 1.67. The van der Waals surface area contributed by atoms with E-state index in [4.69, 9.17) is 5.73 Å². The van der Waals surface area contributed by atoms with Crippen LogP contribution in [0.2, 0.25) is 0 Å². The third-order valence-corrected chi connectivity index (χ3v) is 2.39. The Morgan fingerprint density at radius 2 is 1.67 bits per heavy atom. The van der Waals surface area contributed by atoms with Crippen molar-refractivity contribution in [3.05, 3.63) is 42.5 Å². The van der Waals surface area contributed by atoms with Gasteiger partial charge in [-0.2, -0.15) is 0 Å². The smallest absolute Gasteiger partial charge is 0.124 e. The highest BCUT2D eigenvalue weighted by Crippen LogP contribution is 2.18. The number of rotatable bonds is 0. The van der Waals surface area contributed by atoms with E-state index in [-0.39, 0.29) is 0 Å². The fourth-order valence-electron chi connectivity index (χ4n) is 1.67. The number of hydrogen-bond acceptors (Lipinski definition) is 3. The van der Waals surface area contributed by atoms with Crippen LogP contribution in [0.15, 0.2) is 42.5 Å². The molecule has 0 atom stereocenters. The average Bonchev–Trinajstić information content (AvgIpc) is 2.26. The molecule has 0 bridgehead atoms. The number of nitrogen functional groups attached to an aromatic ring is 1. The molecule has 0 radical (unpaired) electrons. The molecule has 3 aromatic rings. The molecule has 0 aliphatic carbocycles. The molecule has 0 saturated carbocycles. The number of fused-ring (bicyclic) bond motifs is 2. The lowest BCUT2D eigenvalue weighted by Gasteiger charge is -2.01. The van der Waals surface area contributed by atoms with Gasteiger partial charge in [0.25, 0.3) is 0 Å².